The van der Waals surface area contributed by atoms with Gasteiger partial charge in [0.25, 0.3) is 10.0 Å². The van der Waals surface area contributed by atoms with E-state index in [2.05, 4.69) is 19.4 Å². The summed E-state index contributed by atoms with van der Waals surface area (Å²) in [7, 11) is -4.08. The van der Waals surface area contributed by atoms with E-state index in [0.717, 1.165) is 53.5 Å². The molecule has 0 spiro atoms. The summed E-state index contributed by atoms with van der Waals surface area (Å²) in [5.41, 5.74) is 3.33. The van der Waals surface area contributed by atoms with Crippen LogP contribution in [0, 0.1) is 17.2 Å². The highest BCUT2D eigenvalue weighted by atomic mass is 32.2. The molecule has 1 aliphatic heterocycles. The second kappa shape index (κ2) is 19.1. The standard InChI is InChI=1S/C37H33F3N6O4S2.C2HF3O2/c38-37(39,40)35(47)46(18-15-25-13-16-42-17-14-25)23-26-5-4-8-29(19-26)32-21-28(27-6-2-1-3-7-27)9-11-34(32)50-33-12-10-31(20-30(33)22-41)52(48,49)45-36-43-24-44-51-36;3-2(4,5)1(6)7/h1-12,19-21,24-25,42H,13-18,23H2,(H,43,44,45);(H,6,7). The third-order valence-corrected chi connectivity index (χ3v) is 11.0. The summed E-state index contributed by atoms with van der Waals surface area (Å²) in [6.45, 7) is 1.33. The van der Waals surface area contributed by atoms with Gasteiger partial charge in [-0.05, 0) is 96.9 Å². The number of sulfonamides is 1. The number of amides is 1. The summed E-state index contributed by atoms with van der Waals surface area (Å²) in [5.74, 6) is -4.01. The molecule has 0 aliphatic carbocycles. The predicted octanol–water partition coefficient (Wildman–Crippen LogP) is 8.25. The number of carboxylic acid groups (broad SMARTS) is 1. The smallest absolute Gasteiger partial charge is 0.475 e. The minimum Gasteiger partial charge on any atom is -0.475 e. The Kier molecular flexibility index (Phi) is 14.3. The van der Waals surface area contributed by atoms with Crippen molar-refractivity contribution in [3.8, 4) is 39.8 Å². The molecule has 1 aliphatic rings. The fourth-order valence-corrected chi connectivity index (χ4v) is 7.70. The molecule has 0 radical (unpaired) electrons. The number of aromatic nitrogens is 2. The first-order valence-electron chi connectivity index (χ1n) is 17.6. The fraction of sp³-hybridized carbons (Fsp3) is 0.256. The number of nitriles is 1. The predicted molar refractivity (Wildman–Crippen MR) is 205 cm³/mol. The van der Waals surface area contributed by atoms with E-state index >= 15 is 0 Å². The van der Waals surface area contributed by atoms with Gasteiger partial charge < -0.3 is 20.1 Å². The molecule has 1 fully saturated rings. The van der Waals surface area contributed by atoms with Crippen LogP contribution in [0.15, 0.2) is 102 Å². The number of halogens is 6. The van der Waals surface area contributed by atoms with Gasteiger partial charge >= 0.3 is 24.2 Å². The quantitative estimate of drug-likeness (QED) is 0.104. The number of hydrogen-bond donors (Lipinski definition) is 3. The van der Waals surface area contributed by atoms with Crippen LogP contribution in [0.4, 0.5) is 31.5 Å². The van der Waals surface area contributed by atoms with E-state index < -0.39 is 34.3 Å². The van der Waals surface area contributed by atoms with Crippen molar-refractivity contribution >= 4 is 38.6 Å². The van der Waals surface area contributed by atoms with E-state index in [0.29, 0.717) is 28.9 Å². The highest BCUT2D eigenvalue weighted by molar-refractivity contribution is 7.93. The molecular formula is C39H34F6N6O6S2. The maximum Gasteiger partial charge on any atom is 0.490 e. The number of alkyl halides is 6. The van der Waals surface area contributed by atoms with Gasteiger partial charge in [0.15, 0.2) is 0 Å². The molecule has 6 rings (SSSR count). The molecule has 4 aromatic carbocycles. The van der Waals surface area contributed by atoms with Crippen molar-refractivity contribution in [3.05, 3.63) is 108 Å². The van der Waals surface area contributed by atoms with Crippen LogP contribution in [0.3, 0.4) is 0 Å². The number of carboxylic acids is 1. The number of carbonyl (C=O) groups is 2. The van der Waals surface area contributed by atoms with Gasteiger partial charge in [0.05, 0.1) is 10.5 Å². The van der Waals surface area contributed by atoms with Gasteiger partial charge in [0.2, 0.25) is 5.13 Å². The van der Waals surface area contributed by atoms with Crippen LogP contribution in [0.25, 0.3) is 22.3 Å². The average Bonchev–Trinajstić information content (AvgIpc) is 3.72. The Morgan fingerprint density at radius 3 is 2.20 bits per heavy atom. The Labute approximate surface area is 338 Å². The first-order valence-corrected chi connectivity index (χ1v) is 19.9. The highest BCUT2D eigenvalue weighted by Gasteiger charge is 2.42. The Hall–Kier alpha value is -6.04. The van der Waals surface area contributed by atoms with Crippen molar-refractivity contribution < 1.29 is 54.2 Å². The molecule has 1 amide bonds. The summed E-state index contributed by atoms with van der Waals surface area (Å²) in [6.07, 6.45) is -6.72. The van der Waals surface area contributed by atoms with E-state index in [-0.39, 0.29) is 40.3 Å². The normalized spacial score (nSPS) is 13.4. The van der Waals surface area contributed by atoms with Crippen molar-refractivity contribution in [1.82, 2.24) is 19.6 Å². The molecule has 0 unspecified atom stereocenters. The van der Waals surface area contributed by atoms with Crippen molar-refractivity contribution in [3.63, 3.8) is 0 Å². The number of carbonyl (C=O) groups excluding carboxylic acids is 1. The van der Waals surface area contributed by atoms with Gasteiger partial charge in [-0.3, -0.25) is 9.52 Å². The topological polar surface area (TPSA) is 175 Å². The molecule has 0 bridgehead atoms. The Morgan fingerprint density at radius 1 is 0.898 bits per heavy atom. The number of benzene rings is 4. The number of aliphatic carboxylic acids is 1. The lowest BCUT2D eigenvalue weighted by molar-refractivity contribution is -0.192. The van der Waals surface area contributed by atoms with Gasteiger partial charge in [0.1, 0.15) is 23.9 Å². The van der Waals surface area contributed by atoms with Crippen LogP contribution >= 0.6 is 11.5 Å². The van der Waals surface area contributed by atoms with Crippen molar-refractivity contribution in [2.45, 2.75) is 43.1 Å². The molecule has 5 aromatic rings. The molecule has 310 valence electrons. The zero-order valence-electron chi connectivity index (χ0n) is 30.6. The molecular weight excluding hydrogens is 827 g/mol. The molecule has 20 heteroatoms. The number of piperidine rings is 1. The number of nitrogens with zero attached hydrogens (tertiary/aromatic N) is 4. The minimum absolute atomic E-state index is 0.0238. The second-order valence-corrected chi connectivity index (χ2v) is 15.5. The van der Waals surface area contributed by atoms with Crippen molar-refractivity contribution in [2.24, 2.45) is 5.92 Å². The van der Waals surface area contributed by atoms with E-state index in [4.69, 9.17) is 14.6 Å². The molecule has 2 heterocycles. The van der Waals surface area contributed by atoms with E-state index in [9.17, 15) is 44.8 Å². The first-order chi connectivity index (χ1) is 27.9. The summed E-state index contributed by atoms with van der Waals surface area (Å²) in [5, 5.41) is 20.4. The molecule has 12 nitrogen and oxygen atoms in total. The van der Waals surface area contributed by atoms with Crippen LogP contribution in [0.5, 0.6) is 11.5 Å². The Balaban J connectivity index is 0.000000867. The third kappa shape index (κ3) is 12.2. The second-order valence-electron chi connectivity index (χ2n) is 13.0. The van der Waals surface area contributed by atoms with Gasteiger partial charge in [-0.1, -0.05) is 54.6 Å². The molecule has 0 saturated carbocycles. The lowest BCUT2D eigenvalue weighted by Crippen LogP contribution is -2.42. The maximum absolute atomic E-state index is 13.7. The summed E-state index contributed by atoms with van der Waals surface area (Å²) in [6, 6.07) is 27.7. The highest BCUT2D eigenvalue weighted by Crippen LogP contribution is 2.39. The van der Waals surface area contributed by atoms with Crippen molar-refractivity contribution in [1.29, 1.82) is 5.26 Å². The number of rotatable bonds is 12. The molecule has 1 saturated heterocycles. The van der Waals surface area contributed by atoms with Gasteiger partial charge in [0, 0.05) is 30.2 Å². The number of nitrogens with one attached hydrogen (secondary N) is 2. The molecule has 1 aromatic heterocycles. The Bertz CT molecular complexity index is 2390. The minimum atomic E-state index is -5.08. The number of ether oxygens (including phenoxy) is 1. The largest absolute Gasteiger partial charge is 0.490 e. The van der Waals surface area contributed by atoms with Crippen molar-refractivity contribution in [2.75, 3.05) is 24.4 Å². The molecule has 59 heavy (non-hydrogen) atoms. The van der Waals surface area contributed by atoms with E-state index in [1.807, 2.05) is 48.5 Å². The zero-order valence-corrected chi connectivity index (χ0v) is 32.3. The summed E-state index contributed by atoms with van der Waals surface area (Å²) >= 11 is 0.860. The van der Waals surface area contributed by atoms with Gasteiger partial charge in [-0.2, -0.15) is 36.0 Å². The average molecular weight is 861 g/mol. The van der Waals surface area contributed by atoms with E-state index in [1.165, 1.54) is 24.5 Å². The van der Waals surface area contributed by atoms with Gasteiger partial charge in [-0.15, -0.1) is 0 Å². The third-order valence-electron chi connectivity index (χ3n) is 8.92. The first kappa shape index (κ1) is 44.1. The molecule has 0 atom stereocenters. The summed E-state index contributed by atoms with van der Waals surface area (Å²) < 4.78 is 111. The Morgan fingerprint density at radius 2 is 1.58 bits per heavy atom. The summed E-state index contributed by atoms with van der Waals surface area (Å²) in [4.78, 5) is 26.0. The number of hydrogen-bond acceptors (Lipinski definition) is 10. The fourth-order valence-electron chi connectivity index (χ4n) is 6.02. The molecule has 3 N–H and O–H groups in total. The zero-order chi connectivity index (χ0) is 42.8. The SMILES string of the molecule is N#Cc1cc(S(=O)(=O)Nc2ncns2)ccc1Oc1ccc(-c2ccccc2)cc1-c1cccc(CN(CCC2CCNCC2)C(=O)C(F)(F)F)c1.O=C(O)C(F)(F)F. The van der Waals surface area contributed by atoms with E-state index in [1.54, 1.807) is 30.3 Å². The number of anilines is 1. The van der Waals surface area contributed by atoms with Gasteiger partial charge in [-0.25, -0.2) is 18.2 Å². The lowest BCUT2D eigenvalue weighted by atomic mass is 9.94. The van der Waals surface area contributed by atoms with Crippen LogP contribution in [0.1, 0.15) is 30.4 Å². The van der Waals surface area contributed by atoms with Crippen LogP contribution in [-0.2, 0) is 26.2 Å². The maximum atomic E-state index is 13.7. The monoisotopic (exact) mass is 860 g/mol. The van der Waals surface area contributed by atoms with Crippen LogP contribution in [-0.4, -0.2) is 71.6 Å². The van der Waals surface area contributed by atoms with Crippen LogP contribution < -0.4 is 14.8 Å². The lowest BCUT2D eigenvalue weighted by Gasteiger charge is -2.28. The van der Waals surface area contributed by atoms with Crippen LogP contribution in [0.2, 0.25) is 0 Å².